The number of phenols is 2. The van der Waals surface area contributed by atoms with Crippen LogP contribution < -0.4 is 4.74 Å². The Morgan fingerprint density at radius 2 is 0.714 bits per heavy atom. The fraction of sp³-hybridized carbons (Fsp3) is 0.625. The Morgan fingerprint density at radius 3 is 0.943 bits per heavy atom. The number of ether oxygens (including phenoxy) is 1. The summed E-state index contributed by atoms with van der Waals surface area (Å²) in [5.74, 6) is 2.56. The summed E-state index contributed by atoms with van der Waals surface area (Å²) in [6.45, 7) is 8.88. The fourth-order valence-electron chi connectivity index (χ4n) is 4.84. The third kappa shape index (κ3) is 9.78. The lowest BCUT2D eigenvalue weighted by molar-refractivity contribution is 0.437. The monoisotopic (exact) mass is 482 g/mol. The van der Waals surface area contributed by atoms with Gasteiger partial charge in [-0.3, -0.25) is 0 Å². The molecule has 0 aliphatic heterocycles. The van der Waals surface area contributed by atoms with Gasteiger partial charge in [0.15, 0.2) is 0 Å². The maximum atomic E-state index is 10.5. The maximum absolute atomic E-state index is 10.5. The Kier molecular flexibility index (Phi) is 13.7. The predicted molar refractivity (Wildman–Crippen MR) is 149 cm³/mol. The maximum Gasteiger partial charge on any atom is 0.134 e. The molecule has 2 rings (SSSR count). The van der Waals surface area contributed by atoms with Gasteiger partial charge in [-0.15, -0.1) is 0 Å². The molecule has 196 valence electrons. The molecule has 2 aromatic rings. The number of hydrogen-bond donors (Lipinski definition) is 2. The zero-order valence-corrected chi connectivity index (χ0v) is 22.9. The highest BCUT2D eigenvalue weighted by Gasteiger charge is 2.19. The van der Waals surface area contributed by atoms with Gasteiger partial charge in [-0.05, 0) is 97.9 Å². The molecule has 0 aliphatic carbocycles. The second-order valence-electron chi connectivity index (χ2n) is 10.1. The second-order valence-corrected chi connectivity index (χ2v) is 10.1. The largest absolute Gasteiger partial charge is 0.508 e. The van der Waals surface area contributed by atoms with Gasteiger partial charge in [0.25, 0.3) is 0 Å². The van der Waals surface area contributed by atoms with Gasteiger partial charge < -0.3 is 14.9 Å². The van der Waals surface area contributed by atoms with Crippen LogP contribution >= 0.6 is 0 Å². The van der Waals surface area contributed by atoms with Crippen LogP contribution in [0.25, 0.3) is 0 Å². The Morgan fingerprint density at radius 1 is 0.457 bits per heavy atom. The molecule has 0 radical (unpaired) electrons. The van der Waals surface area contributed by atoms with Crippen LogP contribution in [0.2, 0.25) is 0 Å². The second kappa shape index (κ2) is 16.5. The van der Waals surface area contributed by atoms with Gasteiger partial charge in [0.05, 0.1) is 0 Å². The minimum absolute atomic E-state index is 0.340. The molecule has 0 atom stereocenters. The van der Waals surface area contributed by atoms with Crippen molar-refractivity contribution >= 4 is 0 Å². The van der Waals surface area contributed by atoms with E-state index in [2.05, 4.69) is 27.7 Å². The van der Waals surface area contributed by atoms with Crippen LogP contribution in [0, 0.1) is 0 Å². The topological polar surface area (TPSA) is 49.7 Å². The van der Waals surface area contributed by atoms with E-state index in [1.165, 1.54) is 51.4 Å². The zero-order chi connectivity index (χ0) is 25.5. The van der Waals surface area contributed by atoms with Crippen LogP contribution in [0.4, 0.5) is 0 Å². The minimum atomic E-state index is 0.340. The van der Waals surface area contributed by atoms with Gasteiger partial charge in [0, 0.05) is 0 Å². The van der Waals surface area contributed by atoms with E-state index in [4.69, 9.17) is 4.74 Å². The molecule has 35 heavy (non-hydrogen) atoms. The lowest BCUT2D eigenvalue weighted by Crippen LogP contribution is -2.04. The summed E-state index contributed by atoms with van der Waals surface area (Å²) in [5, 5.41) is 21.1. The van der Waals surface area contributed by atoms with Crippen LogP contribution in [0.3, 0.4) is 0 Å². The fourth-order valence-corrected chi connectivity index (χ4v) is 4.84. The molecule has 0 unspecified atom stereocenters. The lowest BCUT2D eigenvalue weighted by atomic mass is 9.97. The highest BCUT2D eigenvalue weighted by Crippen LogP contribution is 2.40. The van der Waals surface area contributed by atoms with Crippen LogP contribution in [-0.2, 0) is 25.7 Å². The first-order valence-corrected chi connectivity index (χ1v) is 14.4. The van der Waals surface area contributed by atoms with E-state index in [9.17, 15) is 10.2 Å². The van der Waals surface area contributed by atoms with Crippen molar-refractivity contribution in [2.24, 2.45) is 0 Å². The van der Waals surface area contributed by atoms with Gasteiger partial charge in [0.2, 0.25) is 0 Å². The summed E-state index contributed by atoms with van der Waals surface area (Å²) < 4.78 is 6.91. The third-order valence-corrected chi connectivity index (χ3v) is 6.86. The number of aromatic hydroxyl groups is 2. The van der Waals surface area contributed by atoms with Gasteiger partial charge in [-0.2, -0.15) is 0 Å². The molecule has 0 saturated heterocycles. The van der Waals surface area contributed by atoms with Crippen LogP contribution in [0.15, 0.2) is 24.3 Å². The SMILES string of the molecule is CCCCCc1cc(O)cc(CCCCC)c1Oc1c(CCCCC)cc(O)cc1CCCCC. The molecular formula is C32H50O3. The molecule has 3 heteroatoms. The first kappa shape index (κ1) is 29.1. The van der Waals surface area contributed by atoms with Crippen molar-refractivity contribution in [2.75, 3.05) is 0 Å². The zero-order valence-electron chi connectivity index (χ0n) is 22.9. The van der Waals surface area contributed by atoms with E-state index in [-0.39, 0.29) is 0 Å². The van der Waals surface area contributed by atoms with E-state index in [0.29, 0.717) is 11.5 Å². The Bertz CT molecular complexity index is 738. The van der Waals surface area contributed by atoms with Gasteiger partial charge in [-0.25, -0.2) is 0 Å². The van der Waals surface area contributed by atoms with Gasteiger partial charge >= 0.3 is 0 Å². The molecule has 0 aromatic heterocycles. The van der Waals surface area contributed by atoms with Crippen LogP contribution in [-0.4, -0.2) is 10.2 Å². The number of unbranched alkanes of at least 4 members (excludes halogenated alkanes) is 8. The first-order valence-electron chi connectivity index (χ1n) is 14.4. The third-order valence-electron chi connectivity index (χ3n) is 6.86. The highest BCUT2D eigenvalue weighted by molar-refractivity contribution is 5.54. The molecular weight excluding hydrogens is 432 g/mol. The van der Waals surface area contributed by atoms with Gasteiger partial charge in [0.1, 0.15) is 23.0 Å². The molecule has 0 aliphatic rings. The van der Waals surface area contributed by atoms with E-state index in [0.717, 1.165) is 85.1 Å². The van der Waals surface area contributed by atoms with E-state index in [1.54, 1.807) is 0 Å². The average molecular weight is 483 g/mol. The molecule has 2 N–H and O–H groups in total. The highest BCUT2D eigenvalue weighted by atomic mass is 16.5. The number of benzene rings is 2. The van der Waals surface area contributed by atoms with Crippen LogP contribution in [0.1, 0.15) is 127 Å². The van der Waals surface area contributed by atoms with Crippen molar-refractivity contribution in [3.63, 3.8) is 0 Å². The minimum Gasteiger partial charge on any atom is -0.508 e. The molecule has 0 bridgehead atoms. The van der Waals surface area contributed by atoms with Crippen molar-refractivity contribution in [3.05, 3.63) is 46.5 Å². The first-order chi connectivity index (χ1) is 17.0. The number of rotatable bonds is 18. The summed E-state index contributed by atoms with van der Waals surface area (Å²) in [4.78, 5) is 0. The summed E-state index contributed by atoms with van der Waals surface area (Å²) in [6.07, 6.45) is 17.3. The Balaban J connectivity index is 2.53. The Labute approximate surface area is 214 Å². The lowest BCUT2D eigenvalue weighted by Gasteiger charge is -2.21. The molecule has 0 fully saturated rings. The average Bonchev–Trinajstić information content (AvgIpc) is 2.83. The van der Waals surface area contributed by atoms with E-state index < -0.39 is 0 Å². The predicted octanol–water partition coefficient (Wildman–Crippen LogP) is 9.82. The van der Waals surface area contributed by atoms with Crippen molar-refractivity contribution < 1.29 is 14.9 Å². The summed E-state index contributed by atoms with van der Waals surface area (Å²) >= 11 is 0. The standard InChI is InChI=1S/C32H50O3/c1-5-9-13-17-25-21-29(33)22-26(18-14-10-6-2)31(25)35-32-27(19-15-11-7-3)23-30(34)24-28(32)20-16-12-8-4/h21-24,33-34H,5-20H2,1-4H3. The van der Waals surface area contributed by atoms with Crippen molar-refractivity contribution in [3.8, 4) is 23.0 Å². The molecule has 0 amide bonds. The van der Waals surface area contributed by atoms with Crippen molar-refractivity contribution in [1.82, 2.24) is 0 Å². The van der Waals surface area contributed by atoms with Crippen molar-refractivity contribution in [2.45, 2.75) is 130 Å². The van der Waals surface area contributed by atoms with E-state index in [1.807, 2.05) is 24.3 Å². The molecule has 0 saturated carbocycles. The summed E-state index contributed by atoms with van der Waals surface area (Å²) in [5.41, 5.74) is 4.43. The molecule has 0 heterocycles. The number of aryl methyl sites for hydroxylation is 4. The van der Waals surface area contributed by atoms with Gasteiger partial charge in [-0.1, -0.05) is 79.1 Å². The van der Waals surface area contributed by atoms with E-state index >= 15 is 0 Å². The number of hydrogen-bond acceptors (Lipinski definition) is 3. The number of phenolic OH excluding ortho intramolecular Hbond substituents is 2. The Hall–Kier alpha value is -2.16. The summed E-state index contributed by atoms with van der Waals surface area (Å²) in [6, 6.07) is 7.62. The normalized spacial score (nSPS) is 11.2. The molecule has 2 aromatic carbocycles. The molecule has 0 spiro atoms. The summed E-state index contributed by atoms with van der Waals surface area (Å²) in [7, 11) is 0. The smallest absolute Gasteiger partial charge is 0.134 e. The molecule has 3 nitrogen and oxygen atoms in total. The quantitative estimate of drug-likeness (QED) is 0.208. The van der Waals surface area contributed by atoms with Crippen molar-refractivity contribution in [1.29, 1.82) is 0 Å². The van der Waals surface area contributed by atoms with Crippen LogP contribution in [0.5, 0.6) is 23.0 Å².